The third-order valence-corrected chi connectivity index (χ3v) is 11.3. The maximum absolute atomic E-state index is 12.7. The maximum atomic E-state index is 12.7. The van der Waals surface area contributed by atoms with Crippen LogP contribution >= 0.6 is 7.82 Å². The van der Waals surface area contributed by atoms with Crippen LogP contribution in [-0.4, -0.2) is 69.6 Å². The molecule has 1 rings (SSSR count). The van der Waals surface area contributed by atoms with Crippen LogP contribution in [0.25, 0.3) is 0 Å². The highest BCUT2D eigenvalue weighted by molar-refractivity contribution is 7.47. The predicted molar refractivity (Wildman–Crippen MR) is 225 cm³/mol. The molecule has 0 bridgehead atoms. The van der Waals surface area contributed by atoms with E-state index in [9.17, 15) is 9.46 Å². The van der Waals surface area contributed by atoms with Gasteiger partial charge in [-0.3, -0.25) is 9.05 Å². The molecular weight excluding hydrogens is 681 g/mol. The van der Waals surface area contributed by atoms with Crippen molar-refractivity contribution in [1.29, 1.82) is 0 Å². The molecule has 0 saturated heterocycles. The molecule has 1 aromatic carbocycles. The molecule has 7 nitrogen and oxygen atoms in total. The van der Waals surface area contributed by atoms with Gasteiger partial charge in [0.25, 0.3) is 0 Å². The van der Waals surface area contributed by atoms with E-state index >= 15 is 0 Å². The van der Waals surface area contributed by atoms with Gasteiger partial charge in [0, 0.05) is 6.61 Å². The average Bonchev–Trinajstić information content (AvgIpc) is 3.12. The summed E-state index contributed by atoms with van der Waals surface area (Å²) in [6.45, 7) is 6.65. The van der Waals surface area contributed by atoms with Gasteiger partial charge in [0.05, 0.1) is 41.0 Å². The molecule has 0 spiro atoms. The summed E-state index contributed by atoms with van der Waals surface area (Å²) < 4.78 is 36.5. The van der Waals surface area contributed by atoms with Gasteiger partial charge in [0.2, 0.25) is 0 Å². The number of benzene rings is 1. The predicted octanol–water partition coefficient (Wildman–Crippen LogP) is 13.2. The summed E-state index contributed by atoms with van der Waals surface area (Å²) >= 11 is 0. The van der Waals surface area contributed by atoms with E-state index in [-0.39, 0.29) is 13.2 Å². The van der Waals surface area contributed by atoms with Gasteiger partial charge in [-0.2, -0.15) is 0 Å². The maximum Gasteiger partial charge on any atom is 0.472 e. The van der Waals surface area contributed by atoms with Crippen molar-refractivity contribution in [3.63, 3.8) is 0 Å². The Morgan fingerprint density at radius 3 is 1.45 bits per heavy atom. The van der Waals surface area contributed by atoms with Crippen molar-refractivity contribution >= 4 is 7.82 Å². The Balaban J connectivity index is 2.55. The van der Waals surface area contributed by atoms with Crippen LogP contribution < -0.4 is 0 Å². The molecule has 0 radical (unpaired) electrons. The quantitative estimate of drug-likeness (QED) is 0.0407. The topological polar surface area (TPSA) is 74.2 Å². The van der Waals surface area contributed by atoms with Gasteiger partial charge in [-0.15, -0.1) is 0 Å². The van der Waals surface area contributed by atoms with Crippen molar-refractivity contribution in [3.05, 3.63) is 35.9 Å². The number of rotatable bonds is 40. The van der Waals surface area contributed by atoms with E-state index in [1.807, 2.05) is 51.5 Å². The lowest BCUT2D eigenvalue weighted by Gasteiger charge is -2.25. The summed E-state index contributed by atoms with van der Waals surface area (Å²) in [5, 5.41) is 0. The molecule has 0 heterocycles. The Bertz CT molecular complexity index is 930. The molecule has 0 fully saturated rings. The number of likely N-dealkylation sites (N-methyl/N-ethyl adjacent to an activating group) is 1. The van der Waals surface area contributed by atoms with Crippen LogP contribution in [0.4, 0.5) is 0 Å². The molecule has 0 amide bonds. The van der Waals surface area contributed by atoms with Gasteiger partial charge in [-0.1, -0.05) is 198 Å². The normalized spacial score (nSPS) is 13.9. The number of unbranched alkanes of at least 4 members (excludes halogenated alkanes) is 22. The Morgan fingerprint density at radius 1 is 0.585 bits per heavy atom. The fraction of sp³-hybridized carbons (Fsp3) is 0.867. The summed E-state index contributed by atoms with van der Waals surface area (Å²) in [7, 11) is 1.84. The summed E-state index contributed by atoms with van der Waals surface area (Å²) in [6, 6.07) is 9.99. The first-order valence-corrected chi connectivity index (χ1v) is 23.8. The molecule has 312 valence electrons. The van der Waals surface area contributed by atoms with Crippen molar-refractivity contribution in [2.24, 2.45) is 5.92 Å². The standard InChI is InChI=1S/C45H86NO6P/c1-6-8-10-12-14-16-18-20-22-24-26-29-33-43(34-30-27-25-23-21-19-17-15-13-11-9-7-2)39-49-41-45(50-40-44-35-31-28-32-36-44)42-52-53(47,48)51-38-37-46(3,4)5/h28,31-32,35-36,43,45H,6-27,29-30,33-34,37-42H2,1-5H3/p+1/t45-/m1/s1. The number of phosphoric ester groups is 1. The van der Waals surface area contributed by atoms with Crippen molar-refractivity contribution in [2.75, 3.05) is 54.1 Å². The number of phosphoric acid groups is 1. The average molecular weight is 769 g/mol. The first kappa shape index (κ1) is 50.2. The van der Waals surface area contributed by atoms with Crippen LogP contribution in [0.2, 0.25) is 0 Å². The number of nitrogens with zero attached hydrogens (tertiary/aromatic N) is 1. The number of quaternary nitrogens is 1. The molecule has 1 unspecified atom stereocenters. The Labute approximate surface area is 328 Å². The number of hydrogen-bond donors (Lipinski definition) is 1. The smallest absolute Gasteiger partial charge is 0.378 e. The van der Waals surface area contributed by atoms with Gasteiger partial charge >= 0.3 is 7.82 Å². The van der Waals surface area contributed by atoms with Crippen molar-refractivity contribution in [2.45, 2.75) is 193 Å². The minimum absolute atomic E-state index is 0.0624. The van der Waals surface area contributed by atoms with E-state index in [4.69, 9.17) is 18.5 Å². The van der Waals surface area contributed by atoms with Crippen molar-refractivity contribution in [3.8, 4) is 0 Å². The highest BCUT2D eigenvalue weighted by Gasteiger charge is 2.25. The third kappa shape index (κ3) is 34.2. The molecule has 0 aliphatic carbocycles. The van der Waals surface area contributed by atoms with Gasteiger partial charge in [-0.25, -0.2) is 4.57 Å². The van der Waals surface area contributed by atoms with E-state index in [1.165, 1.54) is 167 Å². The molecule has 53 heavy (non-hydrogen) atoms. The lowest BCUT2D eigenvalue weighted by atomic mass is 9.94. The highest BCUT2D eigenvalue weighted by atomic mass is 31.2. The van der Waals surface area contributed by atoms with E-state index in [0.29, 0.717) is 36.8 Å². The van der Waals surface area contributed by atoms with E-state index in [1.54, 1.807) is 0 Å². The monoisotopic (exact) mass is 769 g/mol. The van der Waals surface area contributed by atoms with Crippen LogP contribution in [0.1, 0.15) is 186 Å². The molecule has 1 aromatic rings. The fourth-order valence-corrected chi connectivity index (χ4v) is 7.54. The highest BCUT2D eigenvalue weighted by Crippen LogP contribution is 2.43. The molecule has 8 heteroatoms. The Morgan fingerprint density at radius 2 is 1.02 bits per heavy atom. The number of ether oxygens (including phenoxy) is 2. The largest absolute Gasteiger partial charge is 0.472 e. The van der Waals surface area contributed by atoms with Crippen LogP contribution in [0.3, 0.4) is 0 Å². The minimum atomic E-state index is -4.20. The zero-order chi connectivity index (χ0) is 38.7. The summed E-state index contributed by atoms with van der Waals surface area (Å²) in [4.78, 5) is 10.3. The van der Waals surface area contributed by atoms with E-state index in [2.05, 4.69) is 13.8 Å². The summed E-state index contributed by atoms with van der Waals surface area (Å²) in [6.07, 6.45) is 34.7. The second kappa shape index (κ2) is 34.5. The van der Waals surface area contributed by atoms with Crippen LogP contribution in [-0.2, 0) is 29.7 Å². The van der Waals surface area contributed by atoms with Gasteiger partial charge < -0.3 is 18.9 Å². The molecule has 0 aromatic heterocycles. The number of hydrogen-bond acceptors (Lipinski definition) is 5. The molecule has 0 saturated carbocycles. The lowest BCUT2D eigenvalue weighted by Crippen LogP contribution is -2.37. The van der Waals surface area contributed by atoms with Crippen LogP contribution in [0.5, 0.6) is 0 Å². The minimum Gasteiger partial charge on any atom is -0.378 e. The first-order valence-electron chi connectivity index (χ1n) is 22.3. The van der Waals surface area contributed by atoms with Crippen molar-refractivity contribution < 1.29 is 32.5 Å². The van der Waals surface area contributed by atoms with E-state index in [0.717, 1.165) is 5.56 Å². The molecule has 0 aliphatic rings. The molecule has 0 aliphatic heterocycles. The third-order valence-electron chi connectivity index (χ3n) is 10.4. The van der Waals surface area contributed by atoms with E-state index < -0.39 is 13.9 Å². The Hall–Kier alpha value is -0.790. The summed E-state index contributed by atoms with van der Waals surface area (Å²) in [5.41, 5.74) is 1.04. The van der Waals surface area contributed by atoms with Crippen molar-refractivity contribution in [1.82, 2.24) is 0 Å². The van der Waals surface area contributed by atoms with Crippen LogP contribution in [0, 0.1) is 5.92 Å². The van der Waals surface area contributed by atoms with Crippen LogP contribution in [0.15, 0.2) is 30.3 Å². The second-order valence-electron chi connectivity index (χ2n) is 16.8. The summed E-state index contributed by atoms with van der Waals surface area (Å²) in [5.74, 6) is 0.528. The molecule has 1 N–H and O–H groups in total. The van der Waals surface area contributed by atoms with Gasteiger partial charge in [0.1, 0.15) is 19.3 Å². The Kier molecular flexibility index (Phi) is 32.7. The molecule has 2 atom stereocenters. The molecular formula is C45H87NO6P+. The zero-order valence-corrected chi connectivity index (χ0v) is 36.4. The second-order valence-corrected chi connectivity index (χ2v) is 18.2. The first-order chi connectivity index (χ1) is 25.6. The fourth-order valence-electron chi connectivity index (χ4n) is 6.80. The van der Waals surface area contributed by atoms with Gasteiger partial charge in [-0.05, 0) is 24.3 Å². The zero-order valence-electron chi connectivity index (χ0n) is 35.6. The lowest BCUT2D eigenvalue weighted by molar-refractivity contribution is -0.870. The SMILES string of the molecule is CCCCCCCCCCCCCCC(CCCCCCCCCCCCCC)COC[C@H](COP(=O)(O)OCC[N+](C)(C)C)OCc1ccccc1. The van der Waals surface area contributed by atoms with Gasteiger partial charge in [0.15, 0.2) is 0 Å².